The highest BCUT2D eigenvalue weighted by atomic mass is 16.5. The van der Waals surface area contributed by atoms with Crippen LogP contribution < -0.4 is 15.0 Å². The Morgan fingerprint density at radius 1 is 1.00 bits per heavy atom. The topological polar surface area (TPSA) is 54.0 Å². The average molecular weight is 355 g/mol. The molecule has 6 nitrogen and oxygen atoms in total. The predicted octanol–water partition coefficient (Wildman–Crippen LogP) is 3.07. The molecule has 0 spiro atoms. The maximum absolute atomic E-state index is 11.9. The molecular formula is C20H25N3O3. The van der Waals surface area contributed by atoms with Crippen molar-refractivity contribution >= 4 is 17.5 Å². The monoisotopic (exact) mass is 355 g/mol. The quantitative estimate of drug-likeness (QED) is 0.863. The van der Waals surface area contributed by atoms with Crippen molar-refractivity contribution in [2.24, 2.45) is 0 Å². The number of ether oxygens (including phenoxy) is 2. The highest BCUT2D eigenvalue weighted by Gasteiger charge is 2.17. The number of rotatable bonds is 6. The second-order valence-electron chi connectivity index (χ2n) is 6.13. The van der Waals surface area contributed by atoms with E-state index >= 15 is 0 Å². The summed E-state index contributed by atoms with van der Waals surface area (Å²) in [6.45, 7) is 5.00. The number of nitrogens with one attached hydrogen (secondary N) is 1. The van der Waals surface area contributed by atoms with E-state index in [4.69, 9.17) is 9.47 Å². The maximum atomic E-state index is 11.9. The van der Waals surface area contributed by atoms with Gasteiger partial charge in [0, 0.05) is 38.4 Å². The zero-order chi connectivity index (χ0) is 18.2. The van der Waals surface area contributed by atoms with Crippen LogP contribution in [0.2, 0.25) is 0 Å². The Morgan fingerprint density at radius 2 is 1.69 bits per heavy atom. The number of benzene rings is 2. The van der Waals surface area contributed by atoms with Crippen molar-refractivity contribution in [3.8, 4) is 5.75 Å². The van der Waals surface area contributed by atoms with E-state index in [1.807, 2.05) is 18.2 Å². The van der Waals surface area contributed by atoms with Crippen molar-refractivity contribution in [3.05, 3.63) is 54.6 Å². The minimum absolute atomic E-state index is 0.367. The zero-order valence-corrected chi connectivity index (χ0v) is 15.1. The van der Waals surface area contributed by atoms with Crippen LogP contribution in [0.25, 0.3) is 0 Å². The summed E-state index contributed by atoms with van der Waals surface area (Å²) in [5.74, 6) is 0.612. The smallest absolute Gasteiger partial charge is 0.411 e. The number of carbonyl (C=O) groups excluding carboxylic acids is 1. The molecule has 3 rings (SSSR count). The first-order valence-electron chi connectivity index (χ1n) is 8.85. The predicted molar refractivity (Wildman–Crippen MR) is 103 cm³/mol. The van der Waals surface area contributed by atoms with Gasteiger partial charge in [-0.1, -0.05) is 30.3 Å². The van der Waals surface area contributed by atoms with Crippen molar-refractivity contribution < 1.29 is 14.3 Å². The molecule has 0 saturated carbocycles. The lowest BCUT2D eigenvalue weighted by molar-refractivity contribution is 0.137. The van der Waals surface area contributed by atoms with Crippen LogP contribution >= 0.6 is 0 Å². The summed E-state index contributed by atoms with van der Waals surface area (Å²) < 4.78 is 10.5. The molecule has 0 aliphatic carbocycles. The number of methoxy groups -OCH3 is 1. The third-order valence-electron chi connectivity index (χ3n) is 4.48. The van der Waals surface area contributed by atoms with E-state index in [9.17, 15) is 4.79 Å². The van der Waals surface area contributed by atoms with E-state index < -0.39 is 6.09 Å². The Bertz CT molecular complexity index is 700. The average Bonchev–Trinajstić information content (AvgIpc) is 2.69. The van der Waals surface area contributed by atoms with Gasteiger partial charge >= 0.3 is 6.09 Å². The van der Waals surface area contributed by atoms with E-state index in [1.54, 1.807) is 19.2 Å². The molecule has 138 valence electrons. The molecule has 1 saturated heterocycles. The van der Waals surface area contributed by atoms with Crippen LogP contribution in [-0.4, -0.2) is 57.4 Å². The molecule has 1 amide bonds. The highest BCUT2D eigenvalue weighted by molar-refractivity contribution is 5.86. The lowest BCUT2D eigenvalue weighted by Crippen LogP contribution is -2.47. The molecule has 26 heavy (non-hydrogen) atoms. The molecule has 0 aromatic heterocycles. The SMILES string of the molecule is COc1ccccc1NC(=O)OCCN1CCN(c2ccccc2)CC1. The molecule has 0 atom stereocenters. The van der Waals surface area contributed by atoms with E-state index in [2.05, 4.69) is 39.4 Å². The van der Waals surface area contributed by atoms with Crippen molar-refractivity contribution in [2.45, 2.75) is 0 Å². The molecule has 0 unspecified atom stereocenters. The minimum Gasteiger partial charge on any atom is -0.495 e. The number of hydrogen-bond donors (Lipinski definition) is 1. The Hall–Kier alpha value is -2.73. The fraction of sp³-hybridized carbons (Fsp3) is 0.350. The first kappa shape index (κ1) is 18.1. The molecule has 1 aliphatic rings. The van der Waals surface area contributed by atoms with Gasteiger partial charge in [-0.05, 0) is 24.3 Å². The molecule has 1 N–H and O–H groups in total. The molecule has 0 bridgehead atoms. The van der Waals surface area contributed by atoms with Crippen molar-refractivity contribution in [1.82, 2.24) is 4.90 Å². The third-order valence-corrected chi connectivity index (χ3v) is 4.48. The van der Waals surface area contributed by atoms with Gasteiger partial charge in [0.1, 0.15) is 12.4 Å². The van der Waals surface area contributed by atoms with E-state index in [0.717, 1.165) is 32.7 Å². The van der Waals surface area contributed by atoms with Gasteiger partial charge in [0.15, 0.2) is 0 Å². The molecule has 6 heteroatoms. The maximum Gasteiger partial charge on any atom is 0.411 e. The first-order valence-corrected chi connectivity index (χ1v) is 8.85. The van der Waals surface area contributed by atoms with E-state index in [1.165, 1.54) is 5.69 Å². The van der Waals surface area contributed by atoms with Crippen LogP contribution in [0.3, 0.4) is 0 Å². The summed E-state index contributed by atoms with van der Waals surface area (Å²) >= 11 is 0. The number of piperazine rings is 1. The number of anilines is 2. The summed E-state index contributed by atoms with van der Waals surface area (Å²) in [5.41, 5.74) is 1.87. The summed E-state index contributed by atoms with van der Waals surface area (Å²) in [5, 5.41) is 2.71. The number of amides is 1. The standard InChI is InChI=1S/C20H25N3O3/c1-25-19-10-6-5-9-18(19)21-20(24)26-16-15-22-11-13-23(14-12-22)17-7-3-2-4-8-17/h2-10H,11-16H2,1H3,(H,21,24). The van der Waals surface area contributed by atoms with Gasteiger partial charge in [0.25, 0.3) is 0 Å². The van der Waals surface area contributed by atoms with Gasteiger partial charge in [-0.15, -0.1) is 0 Å². The van der Waals surface area contributed by atoms with Crippen LogP contribution in [0.5, 0.6) is 5.75 Å². The minimum atomic E-state index is -0.461. The molecule has 2 aromatic carbocycles. The Morgan fingerprint density at radius 3 is 2.42 bits per heavy atom. The van der Waals surface area contributed by atoms with Gasteiger partial charge < -0.3 is 14.4 Å². The molecule has 1 heterocycles. The van der Waals surface area contributed by atoms with Crippen molar-refractivity contribution in [3.63, 3.8) is 0 Å². The van der Waals surface area contributed by atoms with E-state index in [0.29, 0.717) is 18.0 Å². The van der Waals surface area contributed by atoms with Gasteiger partial charge in [0.05, 0.1) is 12.8 Å². The summed E-state index contributed by atoms with van der Waals surface area (Å²) in [6, 6.07) is 17.7. The Labute approximate surface area is 154 Å². The number of nitrogens with zero attached hydrogens (tertiary/aromatic N) is 2. The lowest BCUT2D eigenvalue weighted by Gasteiger charge is -2.35. The molecular weight excluding hydrogens is 330 g/mol. The van der Waals surface area contributed by atoms with E-state index in [-0.39, 0.29) is 0 Å². The summed E-state index contributed by atoms with van der Waals surface area (Å²) in [4.78, 5) is 16.6. The molecule has 2 aromatic rings. The second kappa shape index (κ2) is 9.10. The number of hydrogen-bond acceptors (Lipinski definition) is 5. The normalized spacial score (nSPS) is 14.7. The first-order chi connectivity index (χ1) is 12.8. The highest BCUT2D eigenvalue weighted by Crippen LogP contribution is 2.23. The number of carbonyl (C=O) groups is 1. The van der Waals surface area contributed by atoms with Crippen LogP contribution in [-0.2, 0) is 4.74 Å². The van der Waals surface area contributed by atoms with Crippen LogP contribution in [0.15, 0.2) is 54.6 Å². The van der Waals surface area contributed by atoms with Crippen LogP contribution in [0.4, 0.5) is 16.2 Å². The van der Waals surface area contributed by atoms with Gasteiger partial charge in [0.2, 0.25) is 0 Å². The number of para-hydroxylation sites is 3. The van der Waals surface area contributed by atoms with Gasteiger partial charge in [-0.3, -0.25) is 10.2 Å². The third kappa shape index (κ3) is 4.89. The van der Waals surface area contributed by atoms with Crippen LogP contribution in [0, 0.1) is 0 Å². The largest absolute Gasteiger partial charge is 0.495 e. The molecule has 1 aliphatic heterocycles. The van der Waals surface area contributed by atoms with Crippen molar-refractivity contribution in [2.75, 3.05) is 56.7 Å². The molecule has 1 fully saturated rings. The summed E-state index contributed by atoms with van der Waals surface area (Å²) in [6.07, 6.45) is -0.461. The lowest BCUT2D eigenvalue weighted by atomic mass is 10.2. The van der Waals surface area contributed by atoms with Crippen LogP contribution in [0.1, 0.15) is 0 Å². The zero-order valence-electron chi connectivity index (χ0n) is 15.1. The van der Waals surface area contributed by atoms with Gasteiger partial charge in [-0.25, -0.2) is 4.79 Å². The molecule has 0 radical (unpaired) electrons. The van der Waals surface area contributed by atoms with Gasteiger partial charge in [-0.2, -0.15) is 0 Å². The Balaban J connectivity index is 1.37. The second-order valence-corrected chi connectivity index (χ2v) is 6.13. The fourth-order valence-corrected chi connectivity index (χ4v) is 3.03. The fourth-order valence-electron chi connectivity index (χ4n) is 3.03. The Kier molecular flexibility index (Phi) is 6.33. The summed E-state index contributed by atoms with van der Waals surface area (Å²) in [7, 11) is 1.57. The van der Waals surface area contributed by atoms with Crippen molar-refractivity contribution in [1.29, 1.82) is 0 Å².